The van der Waals surface area contributed by atoms with Crippen LogP contribution in [-0.2, 0) is 16.0 Å². The summed E-state index contributed by atoms with van der Waals surface area (Å²) in [5.74, 6) is 0.665. The van der Waals surface area contributed by atoms with Crippen molar-refractivity contribution in [3.63, 3.8) is 0 Å². The number of ether oxygens (including phenoxy) is 1. The Bertz CT molecular complexity index is 893. The second kappa shape index (κ2) is 6.36. The number of aromatic hydroxyl groups is 1. The van der Waals surface area contributed by atoms with Crippen molar-refractivity contribution < 1.29 is 19.1 Å². The molecule has 0 aliphatic heterocycles. The Morgan fingerprint density at radius 3 is 2.52 bits per heavy atom. The number of rotatable bonds is 5. The van der Waals surface area contributed by atoms with Gasteiger partial charge in [0.15, 0.2) is 5.43 Å². The number of carbonyl (C=O) groups excluding carboxylic acids is 1. The predicted octanol–water partition coefficient (Wildman–Crippen LogP) is 2.88. The number of hydrogen-bond acceptors (Lipinski definition) is 5. The molecule has 0 aliphatic carbocycles. The zero-order valence-corrected chi connectivity index (χ0v) is 12.2. The van der Waals surface area contributed by atoms with Crippen molar-refractivity contribution in [2.24, 2.45) is 0 Å². The molecular weight excluding hydrogens is 296 g/mol. The van der Waals surface area contributed by atoms with E-state index < -0.39 is 0 Å². The second-order valence-corrected chi connectivity index (χ2v) is 5.05. The van der Waals surface area contributed by atoms with Crippen LogP contribution < -0.4 is 5.43 Å². The summed E-state index contributed by atoms with van der Waals surface area (Å²) < 4.78 is 10.3. The molecule has 0 saturated heterocycles. The van der Waals surface area contributed by atoms with Crippen LogP contribution in [0.4, 0.5) is 0 Å². The summed E-state index contributed by atoms with van der Waals surface area (Å²) in [6.07, 6.45) is 0.351. The number of hydrogen-bond donors (Lipinski definition) is 1. The molecule has 1 heterocycles. The van der Waals surface area contributed by atoms with Crippen LogP contribution in [-0.4, -0.2) is 18.2 Å². The van der Waals surface area contributed by atoms with Gasteiger partial charge in [-0.2, -0.15) is 0 Å². The van der Waals surface area contributed by atoms with Crippen LogP contribution in [0.1, 0.15) is 5.76 Å². The molecule has 5 nitrogen and oxygen atoms in total. The van der Waals surface area contributed by atoms with Crippen molar-refractivity contribution in [1.29, 1.82) is 0 Å². The van der Waals surface area contributed by atoms with E-state index in [0.717, 1.165) is 11.1 Å². The van der Waals surface area contributed by atoms with Gasteiger partial charge >= 0.3 is 0 Å². The zero-order chi connectivity index (χ0) is 16.2. The lowest BCUT2D eigenvalue weighted by atomic mass is 10.0. The van der Waals surface area contributed by atoms with Crippen molar-refractivity contribution >= 4 is 17.4 Å². The highest BCUT2D eigenvalue weighted by atomic mass is 16.5. The zero-order valence-electron chi connectivity index (χ0n) is 12.2. The van der Waals surface area contributed by atoms with Gasteiger partial charge in [0.1, 0.15) is 17.1 Å². The van der Waals surface area contributed by atoms with E-state index in [9.17, 15) is 14.7 Å². The third kappa shape index (κ3) is 3.23. The maximum atomic E-state index is 12.3. The highest BCUT2D eigenvalue weighted by molar-refractivity contribution is 5.83. The largest absolute Gasteiger partial charge is 0.508 e. The Balaban J connectivity index is 1.98. The molecule has 0 unspecified atom stereocenters. The number of benzene rings is 2. The van der Waals surface area contributed by atoms with Crippen LogP contribution in [0, 0.1) is 0 Å². The van der Waals surface area contributed by atoms with E-state index in [1.807, 2.05) is 6.07 Å². The summed E-state index contributed by atoms with van der Waals surface area (Å²) in [6.45, 7) is 0.534. The number of carbonyl (C=O) groups is 1. The maximum Gasteiger partial charge on any atom is 0.293 e. The first-order valence-corrected chi connectivity index (χ1v) is 7.09. The Morgan fingerprint density at radius 1 is 1.04 bits per heavy atom. The minimum atomic E-state index is -0.145. The second-order valence-electron chi connectivity index (χ2n) is 5.05. The molecule has 1 N–H and O–H groups in total. The fraction of sp³-hybridized carbons (Fsp3) is 0.111. The molecule has 0 bridgehead atoms. The predicted molar refractivity (Wildman–Crippen MR) is 85.3 cm³/mol. The van der Waals surface area contributed by atoms with Gasteiger partial charge in [0.05, 0.1) is 12.0 Å². The monoisotopic (exact) mass is 310 g/mol. The average molecular weight is 310 g/mol. The lowest BCUT2D eigenvalue weighted by Gasteiger charge is -2.06. The van der Waals surface area contributed by atoms with Gasteiger partial charge in [0.25, 0.3) is 6.47 Å². The quantitative estimate of drug-likeness (QED) is 0.579. The van der Waals surface area contributed by atoms with Gasteiger partial charge in [-0.15, -0.1) is 0 Å². The highest BCUT2D eigenvalue weighted by Crippen LogP contribution is 2.25. The van der Waals surface area contributed by atoms with Crippen LogP contribution in [0.2, 0.25) is 0 Å². The van der Waals surface area contributed by atoms with E-state index in [2.05, 4.69) is 4.74 Å². The van der Waals surface area contributed by atoms with Crippen molar-refractivity contribution in [2.45, 2.75) is 6.42 Å². The molecule has 0 spiro atoms. The van der Waals surface area contributed by atoms with Gasteiger partial charge in [-0.05, 0) is 35.4 Å². The highest BCUT2D eigenvalue weighted by Gasteiger charge is 2.07. The molecule has 0 amide bonds. The lowest BCUT2D eigenvalue weighted by molar-refractivity contribution is -0.128. The SMILES string of the molecule is O=COCCc1cc(=O)c2cc(-c3ccc(O)cc3)ccc2o1. The van der Waals surface area contributed by atoms with E-state index in [1.54, 1.807) is 36.4 Å². The molecule has 1 aromatic heterocycles. The van der Waals surface area contributed by atoms with Crippen molar-refractivity contribution in [3.05, 3.63) is 64.5 Å². The number of fused-ring (bicyclic) bond motifs is 1. The smallest absolute Gasteiger partial charge is 0.293 e. The Morgan fingerprint density at radius 2 is 1.78 bits per heavy atom. The molecule has 23 heavy (non-hydrogen) atoms. The van der Waals surface area contributed by atoms with Crippen LogP contribution in [0.5, 0.6) is 5.75 Å². The Kier molecular flexibility index (Phi) is 4.10. The first kappa shape index (κ1) is 14.8. The first-order valence-electron chi connectivity index (χ1n) is 7.09. The molecule has 5 heteroatoms. The van der Waals surface area contributed by atoms with Gasteiger partial charge in [0, 0.05) is 12.5 Å². The van der Waals surface area contributed by atoms with Crippen LogP contribution in [0.25, 0.3) is 22.1 Å². The molecule has 0 atom stereocenters. The molecule has 0 saturated carbocycles. The Labute approximate surface area is 131 Å². The van der Waals surface area contributed by atoms with Crippen molar-refractivity contribution in [3.8, 4) is 16.9 Å². The van der Waals surface area contributed by atoms with Gasteiger partial charge < -0.3 is 14.3 Å². The molecule has 0 radical (unpaired) electrons. The average Bonchev–Trinajstić information content (AvgIpc) is 2.56. The number of phenols is 1. The summed E-state index contributed by atoms with van der Waals surface area (Å²) in [5, 5.41) is 9.82. The molecule has 0 aliphatic rings. The van der Waals surface area contributed by atoms with E-state index in [4.69, 9.17) is 4.42 Å². The van der Waals surface area contributed by atoms with Gasteiger partial charge in [0.2, 0.25) is 0 Å². The summed E-state index contributed by atoms with van der Waals surface area (Å²) in [7, 11) is 0. The maximum absolute atomic E-state index is 12.3. The molecule has 2 aromatic carbocycles. The van der Waals surface area contributed by atoms with Gasteiger partial charge in [-0.25, -0.2) is 0 Å². The third-order valence-electron chi connectivity index (χ3n) is 3.51. The fourth-order valence-corrected chi connectivity index (χ4v) is 2.37. The molecule has 3 rings (SSSR count). The topological polar surface area (TPSA) is 76.7 Å². The fourth-order valence-electron chi connectivity index (χ4n) is 2.37. The molecular formula is C18H14O5. The van der Waals surface area contributed by atoms with Gasteiger partial charge in [-0.3, -0.25) is 9.59 Å². The first-order chi connectivity index (χ1) is 11.2. The summed E-state index contributed by atoms with van der Waals surface area (Å²) >= 11 is 0. The van der Waals surface area contributed by atoms with Crippen molar-refractivity contribution in [2.75, 3.05) is 6.61 Å². The van der Waals surface area contributed by atoms with E-state index in [0.29, 0.717) is 29.6 Å². The lowest BCUT2D eigenvalue weighted by Crippen LogP contribution is -2.05. The number of phenolic OH excluding ortho intramolecular Hbond substituents is 1. The minimum Gasteiger partial charge on any atom is -0.508 e. The van der Waals surface area contributed by atoms with Crippen LogP contribution >= 0.6 is 0 Å². The van der Waals surface area contributed by atoms with E-state index in [1.165, 1.54) is 6.07 Å². The molecule has 3 aromatic rings. The molecule has 0 fully saturated rings. The van der Waals surface area contributed by atoms with Crippen LogP contribution in [0.3, 0.4) is 0 Å². The minimum absolute atomic E-state index is 0.145. The van der Waals surface area contributed by atoms with Crippen LogP contribution in [0.15, 0.2) is 57.7 Å². The van der Waals surface area contributed by atoms with Gasteiger partial charge in [-0.1, -0.05) is 18.2 Å². The Hall–Kier alpha value is -3.08. The van der Waals surface area contributed by atoms with E-state index >= 15 is 0 Å². The third-order valence-corrected chi connectivity index (χ3v) is 3.51. The normalized spacial score (nSPS) is 10.6. The standard InChI is InChI=1S/C18H14O5/c19-11-22-8-7-15-10-17(21)16-9-13(3-6-18(16)23-15)12-1-4-14(20)5-2-12/h1-6,9-11,20H,7-8H2. The summed E-state index contributed by atoms with van der Waals surface area (Å²) in [6, 6.07) is 13.5. The summed E-state index contributed by atoms with van der Waals surface area (Å²) in [4.78, 5) is 22.4. The molecule has 116 valence electrons. The van der Waals surface area contributed by atoms with Crippen molar-refractivity contribution in [1.82, 2.24) is 0 Å². The van der Waals surface area contributed by atoms with E-state index in [-0.39, 0.29) is 17.8 Å². The summed E-state index contributed by atoms with van der Waals surface area (Å²) in [5.41, 5.74) is 2.10.